The summed E-state index contributed by atoms with van der Waals surface area (Å²) in [5.74, 6) is 0. The fourth-order valence-electron chi connectivity index (χ4n) is 4.59. The van der Waals surface area contributed by atoms with E-state index in [-0.39, 0.29) is 12.8 Å². The molecule has 0 radical (unpaired) electrons. The first-order valence-corrected chi connectivity index (χ1v) is 13.1. The summed E-state index contributed by atoms with van der Waals surface area (Å²) in [6, 6.07) is 8.68. The number of anilines is 1. The quantitative estimate of drug-likeness (QED) is 0.434. The third-order valence-corrected chi connectivity index (χ3v) is 9.30. The summed E-state index contributed by atoms with van der Waals surface area (Å²) in [5, 5.41) is 1.96. The van der Waals surface area contributed by atoms with Crippen molar-refractivity contribution in [2.75, 3.05) is 18.0 Å². The maximum atomic E-state index is 13.4. The van der Waals surface area contributed by atoms with Crippen LogP contribution in [0.5, 0.6) is 0 Å². The number of benzene rings is 2. The van der Waals surface area contributed by atoms with Crippen LogP contribution in [-0.2, 0) is 16.0 Å². The van der Waals surface area contributed by atoms with E-state index >= 15 is 0 Å². The Morgan fingerprint density at radius 3 is 2.24 bits per heavy atom. The Balaban J connectivity index is 1.52. The maximum Gasteiger partial charge on any atom is 0.417 e. The lowest BCUT2D eigenvalue weighted by Gasteiger charge is -2.31. The topological polar surface area (TPSA) is 50.3 Å². The first-order valence-electron chi connectivity index (χ1n) is 10.7. The highest BCUT2D eigenvalue weighted by Crippen LogP contribution is 2.38. The molecule has 0 saturated carbocycles. The molecule has 4 nitrogen and oxygen atoms in total. The molecular weight excluding hydrogens is 469 g/mol. The minimum absolute atomic E-state index is 0.256. The van der Waals surface area contributed by atoms with Gasteiger partial charge >= 0.3 is 6.18 Å². The molecular formula is C24H25F3N2O2S2. The molecule has 1 aliphatic rings. The van der Waals surface area contributed by atoms with Crippen LogP contribution >= 0.6 is 11.3 Å². The van der Waals surface area contributed by atoms with Gasteiger partial charge in [0.05, 0.1) is 21.4 Å². The van der Waals surface area contributed by atoms with Crippen LogP contribution in [0.4, 0.5) is 18.3 Å². The van der Waals surface area contributed by atoms with Gasteiger partial charge in [0.15, 0.2) is 15.0 Å². The van der Waals surface area contributed by atoms with Crippen LogP contribution in [0, 0.1) is 20.8 Å². The van der Waals surface area contributed by atoms with Crippen molar-refractivity contribution in [2.24, 2.45) is 0 Å². The summed E-state index contributed by atoms with van der Waals surface area (Å²) in [6.45, 7) is 7.03. The van der Waals surface area contributed by atoms with E-state index in [1.165, 1.54) is 29.0 Å². The molecule has 1 aromatic heterocycles. The Morgan fingerprint density at radius 1 is 1.03 bits per heavy atom. The zero-order valence-electron chi connectivity index (χ0n) is 18.6. The Labute approximate surface area is 196 Å². The molecule has 0 amide bonds. The Hall–Kier alpha value is -2.39. The lowest BCUT2D eigenvalue weighted by atomic mass is 9.98. The first kappa shape index (κ1) is 23.8. The SMILES string of the molecule is Cc1cc(C)c(-c2csc(N3CCC(S(=O)(=O)c4ccccc4C(F)(F)F)CC3)n2)c(C)c1. The lowest BCUT2D eigenvalue weighted by Crippen LogP contribution is -2.39. The molecule has 0 bridgehead atoms. The molecule has 1 aliphatic heterocycles. The van der Waals surface area contributed by atoms with Gasteiger partial charge in [0, 0.05) is 24.0 Å². The van der Waals surface area contributed by atoms with Gasteiger partial charge in [-0.1, -0.05) is 29.8 Å². The minimum Gasteiger partial charge on any atom is -0.348 e. The molecule has 2 heterocycles. The van der Waals surface area contributed by atoms with Gasteiger partial charge in [0.25, 0.3) is 0 Å². The average Bonchev–Trinajstić information content (AvgIpc) is 3.22. The Bertz CT molecular complexity index is 1250. The minimum atomic E-state index is -4.71. The predicted molar refractivity (Wildman–Crippen MR) is 126 cm³/mol. The van der Waals surface area contributed by atoms with Crippen molar-refractivity contribution in [1.29, 1.82) is 0 Å². The van der Waals surface area contributed by atoms with E-state index in [2.05, 4.69) is 32.9 Å². The van der Waals surface area contributed by atoms with Crippen LogP contribution in [0.3, 0.4) is 0 Å². The summed E-state index contributed by atoms with van der Waals surface area (Å²) < 4.78 is 66.2. The standard InChI is InChI=1S/C24H25F3N2O2S2/c1-15-12-16(2)22(17(3)13-15)20-14-32-23(28-20)29-10-8-18(9-11-29)33(30,31)21-7-5-4-6-19(21)24(25,26)27/h4-7,12-14,18H,8-11H2,1-3H3. The summed E-state index contributed by atoms with van der Waals surface area (Å²) >= 11 is 1.50. The van der Waals surface area contributed by atoms with Gasteiger partial charge < -0.3 is 4.90 Å². The maximum absolute atomic E-state index is 13.4. The van der Waals surface area contributed by atoms with Crippen LogP contribution in [0.25, 0.3) is 11.3 Å². The van der Waals surface area contributed by atoms with Crippen LogP contribution in [0.2, 0.25) is 0 Å². The number of halogens is 3. The first-order chi connectivity index (χ1) is 15.5. The third kappa shape index (κ3) is 4.66. The number of nitrogens with zero attached hydrogens (tertiary/aromatic N) is 2. The van der Waals surface area contributed by atoms with Gasteiger partial charge in [-0.05, 0) is 56.9 Å². The highest BCUT2D eigenvalue weighted by atomic mass is 32.2. The molecule has 0 unspecified atom stereocenters. The highest BCUT2D eigenvalue weighted by molar-refractivity contribution is 7.92. The van der Waals surface area contributed by atoms with Gasteiger partial charge in [-0.2, -0.15) is 13.2 Å². The van der Waals surface area contributed by atoms with Crippen LogP contribution in [0.1, 0.15) is 35.1 Å². The van der Waals surface area contributed by atoms with Gasteiger partial charge in [-0.3, -0.25) is 0 Å². The summed E-state index contributed by atoms with van der Waals surface area (Å²) in [4.78, 5) is 6.19. The lowest BCUT2D eigenvalue weighted by molar-refractivity contribution is -0.139. The van der Waals surface area contributed by atoms with E-state index in [9.17, 15) is 21.6 Å². The predicted octanol–water partition coefficient (Wildman–Crippen LogP) is 6.20. The van der Waals surface area contributed by atoms with Crippen molar-refractivity contribution in [3.63, 3.8) is 0 Å². The average molecular weight is 495 g/mol. The van der Waals surface area contributed by atoms with E-state index < -0.39 is 31.7 Å². The van der Waals surface area contributed by atoms with Gasteiger partial charge in [0.1, 0.15) is 0 Å². The van der Waals surface area contributed by atoms with Crippen molar-refractivity contribution in [3.8, 4) is 11.3 Å². The number of sulfone groups is 1. The second-order valence-corrected chi connectivity index (χ2v) is 11.5. The second kappa shape index (κ2) is 8.76. The highest BCUT2D eigenvalue weighted by Gasteiger charge is 2.40. The zero-order valence-corrected chi connectivity index (χ0v) is 20.2. The zero-order chi connectivity index (χ0) is 24.0. The van der Waals surface area contributed by atoms with Crippen LogP contribution in [-0.4, -0.2) is 31.7 Å². The Kier molecular flexibility index (Phi) is 6.30. The van der Waals surface area contributed by atoms with Crippen LogP contribution < -0.4 is 4.90 Å². The molecule has 3 aromatic rings. The summed E-state index contributed by atoms with van der Waals surface area (Å²) in [5.41, 5.74) is 4.39. The molecule has 0 aliphatic carbocycles. The molecule has 0 atom stereocenters. The van der Waals surface area contributed by atoms with E-state index in [0.29, 0.717) is 13.1 Å². The van der Waals surface area contributed by atoms with E-state index in [4.69, 9.17) is 4.98 Å². The van der Waals surface area contributed by atoms with Gasteiger partial charge in [-0.25, -0.2) is 13.4 Å². The van der Waals surface area contributed by atoms with E-state index in [0.717, 1.165) is 39.6 Å². The van der Waals surface area contributed by atoms with Crippen molar-refractivity contribution >= 4 is 26.3 Å². The number of rotatable bonds is 4. The molecule has 9 heteroatoms. The normalized spacial score (nSPS) is 15.8. The molecule has 0 N–H and O–H groups in total. The van der Waals surface area contributed by atoms with Gasteiger partial charge in [0.2, 0.25) is 0 Å². The number of thiazole rings is 1. The largest absolute Gasteiger partial charge is 0.417 e. The number of aromatic nitrogens is 1. The molecule has 33 heavy (non-hydrogen) atoms. The van der Waals surface area contributed by atoms with Crippen molar-refractivity contribution in [1.82, 2.24) is 4.98 Å². The molecule has 4 rings (SSSR count). The molecule has 1 saturated heterocycles. The smallest absolute Gasteiger partial charge is 0.348 e. The summed E-state index contributed by atoms with van der Waals surface area (Å²) in [6.07, 6.45) is -4.20. The van der Waals surface area contributed by atoms with Gasteiger partial charge in [-0.15, -0.1) is 11.3 Å². The number of hydrogen-bond donors (Lipinski definition) is 0. The van der Waals surface area contributed by atoms with E-state index in [1.807, 2.05) is 10.3 Å². The number of hydrogen-bond acceptors (Lipinski definition) is 5. The third-order valence-electron chi connectivity index (χ3n) is 6.08. The van der Waals surface area contributed by atoms with Crippen molar-refractivity contribution in [3.05, 3.63) is 64.0 Å². The second-order valence-electron chi connectivity index (χ2n) is 8.51. The molecule has 176 valence electrons. The molecule has 2 aromatic carbocycles. The summed E-state index contributed by atoms with van der Waals surface area (Å²) in [7, 11) is -4.10. The van der Waals surface area contributed by atoms with Crippen molar-refractivity contribution < 1.29 is 21.6 Å². The van der Waals surface area contributed by atoms with Crippen LogP contribution in [0.15, 0.2) is 46.7 Å². The monoisotopic (exact) mass is 494 g/mol. The number of piperidine rings is 1. The molecule has 1 fully saturated rings. The van der Waals surface area contributed by atoms with Crippen molar-refractivity contribution in [2.45, 2.75) is 49.9 Å². The van der Waals surface area contributed by atoms with E-state index in [1.54, 1.807) is 0 Å². The fourth-order valence-corrected chi connectivity index (χ4v) is 7.41. The number of aryl methyl sites for hydroxylation is 3. The number of alkyl halides is 3. The molecule has 0 spiro atoms. The fraction of sp³-hybridized carbons (Fsp3) is 0.375. The Morgan fingerprint density at radius 2 is 1.64 bits per heavy atom.